The van der Waals surface area contributed by atoms with Crippen molar-refractivity contribution in [1.29, 1.82) is 0 Å². The smallest absolute Gasteiger partial charge is 0.265 e. The van der Waals surface area contributed by atoms with E-state index < -0.39 is 32.8 Å². The third-order valence-corrected chi connectivity index (χ3v) is 4.02. The number of alkyl halides is 2. The highest BCUT2D eigenvalue weighted by Crippen LogP contribution is 2.34. The van der Waals surface area contributed by atoms with Crippen molar-refractivity contribution in [3.05, 3.63) is 22.7 Å². The lowest BCUT2D eigenvalue weighted by Crippen LogP contribution is -2.31. The van der Waals surface area contributed by atoms with Crippen molar-refractivity contribution >= 4 is 37.2 Å². The molecule has 0 atom stereocenters. The van der Waals surface area contributed by atoms with E-state index in [-0.39, 0.29) is 16.3 Å². The number of carbonyl (C=O) groups is 1. The van der Waals surface area contributed by atoms with Crippen LogP contribution < -0.4 is 4.74 Å². The normalized spacial score (nSPS) is 11.6. The number of nitrogens with zero attached hydrogens (tertiary/aromatic N) is 1. The summed E-state index contributed by atoms with van der Waals surface area (Å²) >= 11 is 5.74. The van der Waals surface area contributed by atoms with E-state index in [4.69, 9.17) is 27.0 Å². The minimum absolute atomic E-state index is 0.0937. The number of hydrogen-bond acceptors (Lipinski definition) is 4. The van der Waals surface area contributed by atoms with Crippen LogP contribution in [-0.4, -0.2) is 46.4 Å². The third kappa shape index (κ3) is 4.42. The Balaban J connectivity index is 3.43. The summed E-state index contributed by atoms with van der Waals surface area (Å²) in [4.78, 5) is 12.3. The van der Waals surface area contributed by atoms with E-state index in [0.717, 1.165) is 31.2 Å². The van der Waals surface area contributed by atoms with Crippen molar-refractivity contribution in [2.75, 3.05) is 20.7 Å². The van der Waals surface area contributed by atoms with Gasteiger partial charge < -0.3 is 9.64 Å². The molecular weight excluding hydrogens is 351 g/mol. The summed E-state index contributed by atoms with van der Waals surface area (Å²) in [6, 6.07) is 2.13. The fraction of sp³-hybridized carbons (Fsp3) is 0.364. The second-order valence-corrected chi connectivity index (χ2v) is 6.97. The van der Waals surface area contributed by atoms with Crippen LogP contribution in [0, 0.1) is 0 Å². The average molecular weight is 362 g/mol. The lowest BCUT2D eigenvalue weighted by atomic mass is 10.1. The van der Waals surface area contributed by atoms with Crippen LogP contribution in [0.5, 0.6) is 5.75 Å². The number of methoxy groups -OCH3 is 1. The van der Waals surface area contributed by atoms with Gasteiger partial charge in [-0.2, -0.15) is 0 Å². The van der Waals surface area contributed by atoms with E-state index >= 15 is 0 Å². The Morgan fingerprint density at radius 1 is 1.43 bits per heavy atom. The number of hydrogen-bond donors (Lipinski definition) is 0. The molecule has 1 aromatic carbocycles. The molecule has 0 saturated carbocycles. The van der Waals surface area contributed by atoms with Gasteiger partial charge in [-0.15, -0.1) is 0 Å². The summed E-state index contributed by atoms with van der Waals surface area (Å²) in [6.45, 7) is -0.822. The second kappa shape index (κ2) is 6.76. The van der Waals surface area contributed by atoms with Gasteiger partial charge in [-0.1, -0.05) is 11.6 Å². The minimum Gasteiger partial charge on any atom is -0.494 e. The fourth-order valence-corrected chi connectivity index (χ4v) is 2.92. The van der Waals surface area contributed by atoms with Gasteiger partial charge in [0.05, 0.1) is 19.2 Å². The second-order valence-electron chi connectivity index (χ2n) is 4.00. The molecule has 0 aromatic heterocycles. The summed E-state index contributed by atoms with van der Waals surface area (Å²) in [7, 11) is 3.28. The number of carbonyl (C=O) groups excluding carboxylic acids is 1. The van der Waals surface area contributed by atoms with Gasteiger partial charge in [0.15, 0.2) is 5.75 Å². The average Bonchev–Trinajstić information content (AvgIpc) is 2.34. The molecule has 0 radical (unpaired) electrons. The van der Waals surface area contributed by atoms with Crippen LogP contribution in [0.4, 0.5) is 8.78 Å². The highest BCUT2D eigenvalue weighted by atomic mass is 35.7. The molecule has 0 saturated heterocycles. The van der Waals surface area contributed by atoms with E-state index in [1.807, 2.05) is 0 Å². The third-order valence-electron chi connectivity index (χ3n) is 2.48. The number of benzene rings is 1. The molecular formula is C11H11Cl2F2NO4S. The first-order valence-electron chi connectivity index (χ1n) is 5.43. The molecule has 5 nitrogen and oxygen atoms in total. The molecule has 0 aliphatic rings. The van der Waals surface area contributed by atoms with Crippen LogP contribution in [0.1, 0.15) is 10.4 Å². The van der Waals surface area contributed by atoms with Crippen molar-refractivity contribution < 1.29 is 26.7 Å². The molecule has 10 heteroatoms. The molecule has 0 unspecified atom stereocenters. The Kier molecular flexibility index (Phi) is 5.77. The van der Waals surface area contributed by atoms with E-state index in [1.54, 1.807) is 0 Å². The Hall–Kier alpha value is -1.12. The Morgan fingerprint density at radius 3 is 2.43 bits per heavy atom. The van der Waals surface area contributed by atoms with Gasteiger partial charge in [0, 0.05) is 22.8 Å². The summed E-state index contributed by atoms with van der Waals surface area (Å²) in [6.07, 6.45) is -2.74. The van der Waals surface area contributed by atoms with Gasteiger partial charge in [0.25, 0.3) is 21.4 Å². The molecule has 0 N–H and O–H groups in total. The first-order valence-corrected chi connectivity index (χ1v) is 8.12. The zero-order valence-electron chi connectivity index (χ0n) is 10.9. The lowest BCUT2D eigenvalue weighted by Gasteiger charge is -2.19. The molecule has 21 heavy (non-hydrogen) atoms. The highest BCUT2D eigenvalue weighted by Gasteiger charge is 2.26. The Bertz CT molecular complexity index is 652. The van der Waals surface area contributed by atoms with Crippen LogP contribution in [-0.2, 0) is 9.05 Å². The molecule has 0 heterocycles. The van der Waals surface area contributed by atoms with Gasteiger partial charge >= 0.3 is 0 Å². The molecule has 1 rings (SSSR count). The van der Waals surface area contributed by atoms with Crippen LogP contribution >= 0.6 is 22.3 Å². The molecule has 1 aromatic rings. The van der Waals surface area contributed by atoms with E-state index in [0.29, 0.717) is 0 Å². The van der Waals surface area contributed by atoms with Crippen LogP contribution in [0.2, 0.25) is 5.02 Å². The van der Waals surface area contributed by atoms with E-state index in [2.05, 4.69) is 0 Å². The first kappa shape index (κ1) is 17.9. The van der Waals surface area contributed by atoms with Crippen molar-refractivity contribution in [3.63, 3.8) is 0 Å². The number of halogens is 4. The molecule has 1 amide bonds. The van der Waals surface area contributed by atoms with Gasteiger partial charge in [-0.05, 0) is 12.1 Å². The summed E-state index contributed by atoms with van der Waals surface area (Å²) in [5, 5.41) is -0.0937. The monoisotopic (exact) mass is 361 g/mol. The maximum absolute atomic E-state index is 12.3. The largest absolute Gasteiger partial charge is 0.494 e. The predicted molar refractivity (Wildman–Crippen MR) is 74.0 cm³/mol. The van der Waals surface area contributed by atoms with Crippen molar-refractivity contribution in [2.24, 2.45) is 0 Å². The maximum Gasteiger partial charge on any atom is 0.265 e. The zero-order chi connectivity index (χ0) is 16.4. The first-order chi connectivity index (χ1) is 9.57. The lowest BCUT2D eigenvalue weighted by molar-refractivity contribution is 0.0617. The van der Waals surface area contributed by atoms with E-state index in [9.17, 15) is 22.0 Å². The molecule has 0 fully saturated rings. The fourth-order valence-electron chi connectivity index (χ4n) is 1.61. The highest BCUT2D eigenvalue weighted by molar-refractivity contribution is 8.13. The number of amides is 1. The van der Waals surface area contributed by atoms with Crippen molar-refractivity contribution in [2.45, 2.75) is 11.3 Å². The van der Waals surface area contributed by atoms with Crippen LogP contribution in [0.15, 0.2) is 17.0 Å². The predicted octanol–water partition coefficient (Wildman–Crippen LogP) is 2.61. The summed E-state index contributed by atoms with van der Waals surface area (Å²) in [5.74, 6) is -1.21. The van der Waals surface area contributed by atoms with Crippen molar-refractivity contribution in [3.8, 4) is 5.75 Å². The molecule has 0 aliphatic heterocycles. The summed E-state index contributed by atoms with van der Waals surface area (Å²) < 4.78 is 52.5. The Labute approximate surface area is 129 Å². The molecule has 118 valence electrons. The quantitative estimate of drug-likeness (QED) is 0.756. The SMILES string of the molecule is COc1c(C(=O)N(C)CC(F)F)cc(Cl)cc1S(=O)(=O)Cl. The summed E-state index contributed by atoms with van der Waals surface area (Å²) in [5.41, 5.74) is -0.271. The van der Waals surface area contributed by atoms with Crippen LogP contribution in [0.25, 0.3) is 0 Å². The standard InChI is InChI=1S/C11H11Cl2F2NO4S/c1-16(5-9(14)15)11(17)7-3-6(12)4-8(10(7)20-2)21(13,18)19/h3-4,9H,5H2,1-2H3. The topological polar surface area (TPSA) is 63.7 Å². The van der Waals surface area contributed by atoms with Gasteiger partial charge in [0.1, 0.15) is 4.90 Å². The maximum atomic E-state index is 12.3. The van der Waals surface area contributed by atoms with Gasteiger partial charge in [-0.25, -0.2) is 17.2 Å². The zero-order valence-corrected chi connectivity index (χ0v) is 13.3. The van der Waals surface area contributed by atoms with Gasteiger partial charge in [-0.3, -0.25) is 4.79 Å². The van der Waals surface area contributed by atoms with Crippen LogP contribution in [0.3, 0.4) is 0 Å². The molecule has 0 bridgehead atoms. The number of rotatable bonds is 5. The van der Waals surface area contributed by atoms with Crippen molar-refractivity contribution in [1.82, 2.24) is 4.90 Å². The minimum atomic E-state index is -4.23. The molecule has 0 spiro atoms. The van der Waals surface area contributed by atoms with E-state index in [1.165, 1.54) is 0 Å². The van der Waals surface area contributed by atoms with Gasteiger partial charge in [0.2, 0.25) is 0 Å². The molecule has 0 aliphatic carbocycles. The number of ether oxygens (including phenoxy) is 1. The Morgan fingerprint density at radius 2 is 2.00 bits per heavy atom.